The maximum atomic E-state index is 10.3. The van der Waals surface area contributed by atoms with E-state index in [1.807, 2.05) is 23.6 Å². The van der Waals surface area contributed by atoms with Crippen molar-refractivity contribution in [1.82, 2.24) is 19.5 Å². The summed E-state index contributed by atoms with van der Waals surface area (Å²) in [7, 11) is 0. The minimum atomic E-state index is -0.716. The van der Waals surface area contributed by atoms with E-state index in [1.54, 1.807) is 37.1 Å². The quantitative estimate of drug-likeness (QED) is 0.744. The molecule has 6 nitrogen and oxygen atoms in total. The molecule has 1 atom stereocenters. The zero-order valence-electron chi connectivity index (χ0n) is 13.1. The Kier molecular flexibility index (Phi) is 5.08. The molecule has 0 radical (unpaired) electrons. The first-order valence-electron chi connectivity index (χ1n) is 7.48. The van der Waals surface area contributed by atoms with Gasteiger partial charge in [-0.3, -0.25) is 4.98 Å². The van der Waals surface area contributed by atoms with E-state index in [4.69, 9.17) is 16.3 Å². The van der Waals surface area contributed by atoms with Crippen LogP contribution < -0.4 is 4.74 Å². The van der Waals surface area contributed by atoms with Gasteiger partial charge in [-0.2, -0.15) is 0 Å². The summed E-state index contributed by atoms with van der Waals surface area (Å²) in [6.45, 7) is 2.41. The molecule has 124 valence electrons. The van der Waals surface area contributed by atoms with Crippen molar-refractivity contribution in [2.45, 2.75) is 19.6 Å². The van der Waals surface area contributed by atoms with Crippen LogP contribution in [0, 0.1) is 6.92 Å². The number of imidazole rings is 1. The molecule has 24 heavy (non-hydrogen) atoms. The highest BCUT2D eigenvalue weighted by atomic mass is 35.5. The number of aromatic nitrogens is 4. The maximum absolute atomic E-state index is 10.3. The van der Waals surface area contributed by atoms with Crippen molar-refractivity contribution in [3.8, 4) is 17.3 Å². The van der Waals surface area contributed by atoms with E-state index in [0.717, 1.165) is 5.56 Å². The Labute approximate surface area is 144 Å². The summed E-state index contributed by atoms with van der Waals surface area (Å²) in [5.41, 5.74) is 1.70. The summed E-state index contributed by atoms with van der Waals surface area (Å²) in [4.78, 5) is 12.5. The monoisotopic (exact) mass is 344 g/mol. The number of hydrogen-bond donors (Lipinski definition) is 1. The Morgan fingerprint density at radius 2 is 2.12 bits per heavy atom. The second-order valence-corrected chi connectivity index (χ2v) is 5.80. The fraction of sp³-hybridized carbons (Fsp3) is 0.235. The van der Waals surface area contributed by atoms with Crippen LogP contribution in [0.15, 0.2) is 49.2 Å². The number of aliphatic hydroxyl groups is 1. The van der Waals surface area contributed by atoms with Crippen LogP contribution in [-0.2, 0) is 6.54 Å². The highest BCUT2D eigenvalue weighted by molar-refractivity contribution is 6.32. The van der Waals surface area contributed by atoms with Crippen LogP contribution in [-0.4, -0.2) is 37.3 Å². The molecule has 0 amide bonds. The third-order valence-corrected chi connectivity index (χ3v) is 3.75. The molecule has 0 bridgehead atoms. The van der Waals surface area contributed by atoms with Crippen LogP contribution in [0.5, 0.6) is 5.75 Å². The molecule has 2 heterocycles. The molecular weight excluding hydrogens is 328 g/mol. The highest BCUT2D eigenvalue weighted by Crippen LogP contribution is 2.25. The average molecular weight is 345 g/mol. The van der Waals surface area contributed by atoms with Crippen LogP contribution in [0.4, 0.5) is 0 Å². The lowest BCUT2D eigenvalue weighted by Crippen LogP contribution is -2.24. The number of ether oxygens (including phenoxy) is 1. The minimum absolute atomic E-state index is 0.126. The minimum Gasteiger partial charge on any atom is -0.489 e. The maximum Gasteiger partial charge on any atom is 0.160 e. The van der Waals surface area contributed by atoms with Gasteiger partial charge in [0.15, 0.2) is 5.82 Å². The van der Waals surface area contributed by atoms with E-state index in [2.05, 4.69) is 15.0 Å². The molecule has 2 aromatic heterocycles. The SMILES string of the molecule is Cc1ccc(Cl)c(OC[C@@H](O)Cn2ccnc2-c2cnccn2)c1. The standard InChI is InChI=1S/C17H17ClN4O2/c1-12-2-3-14(18)16(8-12)24-11-13(23)10-22-7-6-21-17(22)15-9-19-4-5-20-15/h2-9,13,23H,10-11H2,1H3/t13-/m0/s1. The van der Waals surface area contributed by atoms with Crippen LogP contribution in [0.25, 0.3) is 11.5 Å². The van der Waals surface area contributed by atoms with E-state index in [-0.39, 0.29) is 6.61 Å². The number of benzene rings is 1. The van der Waals surface area contributed by atoms with Gasteiger partial charge in [0.1, 0.15) is 24.2 Å². The molecule has 0 aliphatic rings. The molecule has 3 rings (SSSR count). The summed E-state index contributed by atoms with van der Waals surface area (Å²) in [5, 5.41) is 10.8. The number of halogens is 1. The lowest BCUT2D eigenvalue weighted by atomic mass is 10.2. The molecule has 0 saturated heterocycles. The van der Waals surface area contributed by atoms with E-state index >= 15 is 0 Å². The molecule has 0 aliphatic carbocycles. The second kappa shape index (κ2) is 7.42. The zero-order chi connectivity index (χ0) is 16.9. The summed E-state index contributed by atoms with van der Waals surface area (Å²) in [6.07, 6.45) is 7.57. The van der Waals surface area contributed by atoms with Crippen LogP contribution in [0.2, 0.25) is 5.02 Å². The number of aryl methyl sites for hydroxylation is 1. The van der Waals surface area contributed by atoms with Gasteiger partial charge in [-0.15, -0.1) is 0 Å². The smallest absolute Gasteiger partial charge is 0.160 e. The molecule has 0 spiro atoms. The van der Waals surface area contributed by atoms with Crippen molar-refractivity contribution in [3.05, 3.63) is 59.8 Å². The normalized spacial score (nSPS) is 12.1. The fourth-order valence-corrected chi connectivity index (χ4v) is 2.46. The predicted molar refractivity (Wildman–Crippen MR) is 90.9 cm³/mol. The van der Waals surface area contributed by atoms with E-state index in [9.17, 15) is 5.11 Å². The molecule has 0 unspecified atom stereocenters. The molecular formula is C17H17ClN4O2. The second-order valence-electron chi connectivity index (χ2n) is 5.39. The van der Waals surface area contributed by atoms with E-state index in [1.165, 1.54) is 0 Å². The van der Waals surface area contributed by atoms with Crippen molar-refractivity contribution < 1.29 is 9.84 Å². The molecule has 1 N–H and O–H groups in total. The number of nitrogens with zero attached hydrogens (tertiary/aromatic N) is 4. The summed E-state index contributed by atoms with van der Waals surface area (Å²) >= 11 is 6.09. The van der Waals surface area contributed by atoms with Crippen LogP contribution >= 0.6 is 11.6 Å². The van der Waals surface area contributed by atoms with Crippen LogP contribution in [0.3, 0.4) is 0 Å². The molecule has 7 heteroatoms. The van der Waals surface area contributed by atoms with Crippen molar-refractivity contribution in [3.63, 3.8) is 0 Å². The third kappa shape index (κ3) is 3.90. The summed E-state index contributed by atoms with van der Waals surface area (Å²) in [5.74, 6) is 1.21. The van der Waals surface area contributed by atoms with E-state index < -0.39 is 6.10 Å². The Balaban J connectivity index is 1.65. The lowest BCUT2D eigenvalue weighted by molar-refractivity contribution is 0.0929. The highest BCUT2D eigenvalue weighted by Gasteiger charge is 2.13. The van der Waals surface area contributed by atoms with Gasteiger partial charge in [0.25, 0.3) is 0 Å². The average Bonchev–Trinajstić information content (AvgIpc) is 3.04. The van der Waals surface area contributed by atoms with Gasteiger partial charge in [-0.05, 0) is 24.6 Å². The Morgan fingerprint density at radius 1 is 1.25 bits per heavy atom. The summed E-state index contributed by atoms with van der Waals surface area (Å²) < 4.78 is 7.45. The van der Waals surface area contributed by atoms with Gasteiger partial charge in [0, 0.05) is 24.8 Å². The molecule has 0 fully saturated rings. The Bertz CT molecular complexity index is 807. The van der Waals surface area contributed by atoms with Gasteiger partial charge in [-0.1, -0.05) is 17.7 Å². The molecule has 3 aromatic rings. The van der Waals surface area contributed by atoms with Crippen molar-refractivity contribution in [2.24, 2.45) is 0 Å². The molecule has 0 saturated carbocycles. The van der Waals surface area contributed by atoms with Crippen molar-refractivity contribution >= 4 is 11.6 Å². The Morgan fingerprint density at radius 3 is 2.92 bits per heavy atom. The zero-order valence-corrected chi connectivity index (χ0v) is 13.9. The first kappa shape index (κ1) is 16.4. The van der Waals surface area contributed by atoms with E-state index in [0.29, 0.717) is 28.8 Å². The van der Waals surface area contributed by atoms with Crippen molar-refractivity contribution in [2.75, 3.05) is 6.61 Å². The number of rotatable bonds is 6. The van der Waals surface area contributed by atoms with Gasteiger partial charge < -0.3 is 14.4 Å². The third-order valence-electron chi connectivity index (χ3n) is 3.43. The molecule has 0 aliphatic heterocycles. The van der Waals surface area contributed by atoms with Gasteiger partial charge in [-0.25, -0.2) is 9.97 Å². The lowest BCUT2D eigenvalue weighted by Gasteiger charge is -2.15. The molecule has 1 aromatic carbocycles. The first-order valence-corrected chi connectivity index (χ1v) is 7.86. The van der Waals surface area contributed by atoms with Gasteiger partial charge in [0.2, 0.25) is 0 Å². The van der Waals surface area contributed by atoms with Gasteiger partial charge in [0.05, 0.1) is 17.8 Å². The van der Waals surface area contributed by atoms with Crippen LogP contribution in [0.1, 0.15) is 5.56 Å². The van der Waals surface area contributed by atoms with Gasteiger partial charge >= 0.3 is 0 Å². The Hall–Kier alpha value is -2.44. The number of hydrogen-bond acceptors (Lipinski definition) is 5. The predicted octanol–water partition coefficient (Wildman–Crippen LogP) is 2.74. The number of aliphatic hydroxyl groups excluding tert-OH is 1. The topological polar surface area (TPSA) is 73.1 Å². The summed E-state index contributed by atoms with van der Waals surface area (Å²) in [6, 6.07) is 5.53. The largest absolute Gasteiger partial charge is 0.489 e. The van der Waals surface area contributed by atoms with Crippen molar-refractivity contribution in [1.29, 1.82) is 0 Å². The fourth-order valence-electron chi connectivity index (χ4n) is 2.29. The first-order chi connectivity index (χ1) is 11.6.